The molecule has 8 heteroatoms. The van der Waals surface area contributed by atoms with E-state index in [9.17, 15) is 18.4 Å². The Kier molecular flexibility index (Phi) is 6.53. The molecular formula is C25H23F2N3O3. The maximum atomic E-state index is 13.5. The molecule has 1 fully saturated rings. The zero-order valence-corrected chi connectivity index (χ0v) is 18.1. The van der Waals surface area contributed by atoms with Crippen LogP contribution >= 0.6 is 0 Å². The molecule has 33 heavy (non-hydrogen) atoms. The second kappa shape index (κ2) is 9.68. The monoisotopic (exact) mass is 451 g/mol. The highest BCUT2D eigenvalue weighted by molar-refractivity contribution is 6.06. The normalized spacial score (nSPS) is 13.7. The van der Waals surface area contributed by atoms with Crippen molar-refractivity contribution < 1.29 is 23.1 Å². The predicted molar refractivity (Wildman–Crippen MR) is 122 cm³/mol. The molecule has 1 N–H and O–H groups in total. The molecule has 170 valence electrons. The van der Waals surface area contributed by atoms with Gasteiger partial charge in [0.25, 0.3) is 5.91 Å². The number of rotatable bonds is 6. The lowest BCUT2D eigenvalue weighted by molar-refractivity contribution is 0.102. The van der Waals surface area contributed by atoms with Crippen LogP contribution in [0.3, 0.4) is 0 Å². The lowest BCUT2D eigenvalue weighted by atomic mass is 10.1. The number of carbonyl (C=O) groups excluding carboxylic acids is 2. The van der Waals surface area contributed by atoms with Gasteiger partial charge in [-0.15, -0.1) is 0 Å². The number of hydrogen-bond acceptors (Lipinski definition) is 3. The van der Waals surface area contributed by atoms with Crippen LogP contribution in [0, 0.1) is 11.6 Å². The van der Waals surface area contributed by atoms with Crippen LogP contribution in [0.4, 0.5) is 25.0 Å². The number of hydrogen-bond donors (Lipinski definition) is 1. The van der Waals surface area contributed by atoms with Crippen LogP contribution in [-0.2, 0) is 6.54 Å². The van der Waals surface area contributed by atoms with Crippen molar-refractivity contribution in [1.29, 1.82) is 0 Å². The number of urea groups is 1. The van der Waals surface area contributed by atoms with E-state index in [0.29, 0.717) is 47.8 Å². The maximum Gasteiger partial charge on any atom is 0.324 e. The minimum absolute atomic E-state index is 0.105. The molecule has 0 saturated carbocycles. The van der Waals surface area contributed by atoms with Crippen molar-refractivity contribution in [3.05, 3.63) is 89.5 Å². The van der Waals surface area contributed by atoms with Crippen molar-refractivity contribution in [3.63, 3.8) is 0 Å². The molecule has 0 spiro atoms. The fourth-order valence-electron chi connectivity index (χ4n) is 3.87. The topological polar surface area (TPSA) is 61.9 Å². The zero-order chi connectivity index (χ0) is 23.4. The first-order valence-corrected chi connectivity index (χ1v) is 10.5. The molecular weight excluding hydrogens is 428 g/mol. The second-order valence-electron chi connectivity index (χ2n) is 7.69. The van der Waals surface area contributed by atoms with Gasteiger partial charge in [-0.05, 0) is 54.4 Å². The summed E-state index contributed by atoms with van der Waals surface area (Å²) >= 11 is 0. The predicted octanol–water partition coefficient (Wildman–Crippen LogP) is 5.06. The van der Waals surface area contributed by atoms with Crippen molar-refractivity contribution in [2.45, 2.75) is 13.0 Å². The van der Waals surface area contributed by atoms with E-state index in [4.69, 9.17) is 4.74 Å². The molecule has 0 atom stereocenters. The average molecular weight is 451 g/mol. The summed E-state index contributed by atoms with van der Waals surface area (Å²) in [6, 6.07) is 16.9. The molecule has 0 unspecified atom stereocenters. The standard InChI is InChI=1S/C25H23F2N3O3/c1-33-23-9-3-2-8-22(23)24(31)28-20-6-4-7-21(15-20)30-11-5-10-29(25(30)32)16-17-12-18(26)14-19(27)13-17/h2-4,6-9,12-15H,5,10-11,16H2,1H3,(H,28,31). The number of para-hydroxylation sites is 1. The van der Waals surface area contributed by atoms with Gasteiger partial charge in [-0.3, -0.25) is 9.69 Å². The molecule has 3 aromatic rings. The SMILES string of the molecule is COc1ccccc1C(=O)Nc1cccc(N2CCCN(Cc3cc(F)cc(F)c3)C2=O)c1. The van der Waals surface area contributed by atoms with E-state index in [2.05, 4.69) is 5.32 Å². The summed E-state index contributed by atoms with van der Waals surface area (Å²) in [4.78, 5) is 29.0. The fourth-order valence-corrected chi connectivity index (χ4v) is 3.87. The average Bonchev–Trinajstić information content (AvgIpc) is 2.80. The second-order valence-corrected chi connectivity index (χ2v) is 7.69. The van der Waals surface area contributed by atoms with Crippen molar-refractivity contribution >= 4 is 23.3 Å². The first-order valence-electron chi connectivity index (χ1n) is 10.5. The van der Waals surface area contributed by atoms with Crippen molar-refractivity contribution in [2.24, 2.45) is 0 Å². The van der Waals surface area contributed by atoms with Crippen LogP contribution < -0.4 is 15.0 Å². The Morgan fingerprint density at radius 3 is 2.52 bits per heavy atom. The van der Waals surface area contributed by atoms with Crippen LogP contribution in [0.2, 0.25) is 0 Å². The molecule has 1 aliphatic heterocycles. The van der Waals surface area contributed by atoms with E-state index >= 15 is 0 Å². The fraction of sp³-hybridized carbons (Fsp3) is 0.200. The molecule has 0 aromatic heterocycles. The van der Waals surface area contributed by atoms with E-state index in [-0.39, 0.29) is 18.5 Å². The Bertz CT molecular complexity index is 1160. The highest BCUT2D eigenvalue weighted by Crippen LogP contribution is 2.26. The van der Waals surface area contributed by atoms with Gasteiger partial charge in [0.2, 0.25) is 0 Å². The molecule has 1 saturated heterocycles. The van der Waals surface area contributed by atoms with Crippen LogP contribution in [0.25, 0.3) is 0 Å². The minimum atomic E-state index is -0.676. The quantitative estimate of drug-likeness (QED) is 0.570. The molecule has 0 radical (unpaired) electrons. The number of methoxy groups -OCH3 is 1. The van der Waals surface area contributed by atoms with E-state index < -0.39 is 11.6 Å². The summed E-state index contributed by atoms with van der Waals surface area (Å²) in [5, 5.41) is 2.84. The number of nitrogens with one attached hydrogen (secondary N) is 1. The van der Waals surface area contributed by atoms with Gasteiger partial charge >= 0.3 is 6.03 Å². The molecule has 1 heterocycles. The summed E-state index contributed by atoms with van der Waals surface area (Å²) in [5.74, 6) is -1.22. The third-order valence-corrected chi connectivity index (χ3v) is 5.37. The number of ether oxygens (including phenoxy) is 1. The Labute approximate surface area is 190 Å². The maximum absolute atomic E-state index is 13.5. The largest absolute Gasteiger partial charge is 0.496 e. The third kappa shape index (κ3) is 5.11. The molecule has 6 nitrogen and oxygen atoms in total. The van der Waals surface area contributed by atoms with Crippen molar-refractivity contribution in [3.8, 4) is 5.75 Å². The van der Waals surface area contributed by atoms with Crippen LogP contribution in [0.5, 0.6) is 5.75 Å². The number of benzene rings is 3. The Morgan fingerprint density at radius 1 is 1.00 bits per heavy atom. The smallest absolute Gasteiger partial charge is 0.324 e. The van der Waals surface area contributed by atoms with Crippen molar-refractivity contribution in [1.82, 2.24) is 4.90 Å². The van der Waals surface area contributed by atoms with Gasteiger partial charge in [-0.2, -0.15) is 0 Å². The number of halogens is 2. The number of anilines is 2. The van der Waals surface area contributed by atoms with E-state index in [1.54, 1.807) is 58.3 Å². The lowest BCUT2D eigenvalue weighted by Crippen LogP contribution is -2.49. The highest BCUT2D eigenvalue weighted by atomic mass is 19.1. The van der Waals surface area contributed by atoms with Gasteiger partial charge in [-0.1, -0.05) is 18.2 Å². The summed E-state index contributed by atoms with van der Waals surface area (Å²) < 4.78 is 32.3. The van der Waals surface area contributed by atoms with Gasteiger partial charge in [-0.25, -0.2) is 13.6 Å². The third-order valence-electron chi connectivity index (χ3n) is 5.37. The Morgan fingerprint density at radius 2 is 1.76 bits per heavy atom. The van der Waals surface area contributed by atoms with Gasteiger partial charge in [0.15, 0.2) is 0 Å². The first kappa shape index (κ1) is 22.3. The zero-order valence-electron chi connectivity index (χ0n) is 18.1. The Balaban J connectivity index is 1.50. The molecule has 0 aliphatic carbocycles. The van der Waals surface area contributed by atoms with Crippen LogP contribution in [0.15, 0.2) is 66.7 Å². The molecule has 3 aromatic carbocycles. The summed E-state index contributed by atoms with van der Waals surface area (Å²) in [7, 11) is 1.50. The highest BCUT2D eigenvalue weighted by Gasteiger charge is 2.27. The van der Waals surface area contributed by atoms with Gasteiger partial charge in [0, 0.05) is 37.1 Å². The van der Waals surface area contributed by atoms with Crippen LogP contribution in [0.1, 0.15) is 22.3 Å². The van der Waals surface area contributed by atoms with Gasteiger partial charge in [0.1, 0.15) is 17.4 Å². The molecule has 4 rings (SSSR count). The minimum Gasteiger partial charge on any atom is -0.496 e. The lowest BCUT2D eigenvalue weighted by Gasteiger charge is -2.36. The van der Waals surface area contributed by atoms with Gasteiger partial charge in [0.05, 0.1) is 12.7 Å². The molecule has 3 amide bonds. The van der Waals surface area contributed by atoms with E-state index in [1.807, 2.05) is 0 Å². The summed E-state index contributed by atoms with van der Waals surface area (Å²) in [6.45, 7) is 1.09. The molecule has 1 aliphatic rings. The summed E-state index contributed by atoms with van der Waals surface area (Å²) in [6.07, 6.45) is 0.696. The van der Waals surface area contributed by atoms with Gasteiger partial charge < -0.3 is 15.0 Å². The Hall–Kier alpha value is -3.94. The summed E-state index contributed by atoms with van der Waals surface area (Å²) in [5.41, 5.74) is 1.93. The van der Waals surface area contributed by atoms with Crippen LogP contribution in [-0.4, -0.2) is 37.0 Å². The van der Waals surface area contributed by atoms with E-state index in [1.165, 1.54) is 19.2 Å². The number of amides is 3. The van der Waals surface area contributed by atoms with E-state index in [0.717, 1.165) is 6.07 Å². The molecule has 0 bridgehead atoms. The first-order chi connectivity index (χ1) is 15.9. The number of nitrogens with zero attached hydrogens (tertiary/aromatic N) is 2. The van der Waals surface area contributed by atoms with Crippen molar-refractivity contribution in [2.75, 3.05) is 30.4 Å². The number of carbonyl (C=O) groups is 2.